The first kappa shape index (κ1) is 30.5. The fourth-order valence-corrected chi connectivity index (χ4v) is 6.23. The van der Waals surface area contributed by atoms with Gasteiger partial charge >= 0.3 is 0 Å². The molecule has 0 saturated heterocycles. The number of phenolic OH excluding ortho intramolecular Hbond substituents is 1. The average Bonchev–Trinajstić information content (AvgIpc) is 2.99. The van der Waals surface area contributed by atoms with Gasteiger partial charge in [-0.2, -0.15) is 0 Å². The second-order valence-corrected chi connectivity index (χ2v) is 11.6. The molecule has 0 fully saturated rings. The molecule has 2 aliphatic heterocycles. The molecule has 1 aliphatic carbocycles. The van der Waals surface area contributed by atoms with Crippen LogP contribution in [0.3, 0.4) is 0 Å². The number of benzene rings is 2. The van der Waals surface area contributed by atoms with E-state index >= 15 is 0 Å². The Bertz CT molecular complexity index is 1430. The highest BCUT2D eigenvalue weighted by atomic mass is 16.5. The Kier molecular flexibility index (Phi) is 9.95. The summed E-state index contributed by atoms with van der Waals surface area (Å²) >= 11 is 0. The molecule has 3 atom stereocenters. The third-order valence-corrected chi connectivity index (χ3v) is 8.36. The molecule has 2 bridgehead atoms. The van der Waals surface area contributed by atoms with E-state index in [1.807, 2.05) is 7.05 Å². The van der Waals surface area contributed by atoms with Gasteiger partial charge in [-0.25, -0.2) is 0 Å². The van der Waals surface area contributed by atoms with Gasteiger partial charge in [0, 0.05) is 43.0 Å². The van der Waals surface area contributed by atoms with Gasteiger partial charge in [-0.05, 0) is 68.7 Å². The molecule has 2 heterocycles. The second-order valence-electron chi connectivity index (χ2n) is 11.6. The number of aliphatic imine (C=N–C) groups is 1. The Hall–Kier alpha value is -3.94. The number of Topliss-reactive ketones (excluding diaryl/α,β-unsaturated/α-hetero) is 1. The van der Waals surface area contributed by atoms with E-state index in [9.17, 15) is 15.0 Å². The number of aliphatic hydroxyl groups is 1. The number of phenols is 1. The summed E-state index contributed by atoms with van der Waals surface area (Å²) in [5, 5.41) is 27.7. The van der Waals surface area contributed by atoms with Crippen LogP contribution in [0.4, 0.5) is 0 Å². The van der Waals surface area contributed by atoms with Crippen LogP contribution >= 0.6 is 0 Å². The zero-order chi connectivity index (χ0) is 30.3. The van der Waals surface area contributed by atoms with Crippen LogP contribution in [0, 0.1) is 17.8 Å². The number of ether oxygens (including phenoxy) is 3. The maximum absolute atomic E-state index is 12.8. The monoisotopic (exact) mass is 590 g/mol. The number of guanidine groups is 1. The van der Waals surface area contributed by atoms with Gasteiger partial charge in [0.1, 0.15) is 12.5 Å². The summed E-state index contributed by atoms with van der Waals surface area (Å²) in [5.41, 5.74) is 10.3. The van der Waals surface area contributed by atoms with Crippen molar-refractivity contribution in [3.63, 3.8) is 0 Å². The zero-order valence-corrected chi connectivity index (χ0v) is 25.0. The van der Waals surface area contributed by atoms with Crippen LogP contribution in [0.1, 0.15) is 59.9 Å². The summed E-state index contributed by atoms with van der Waals surface area (Å²) < 4.78 is 18.2. The molecular weight excluding hydrogens is 548 g/mol. The molecule has 0 aromatic heterocycles. The molecule has 230 valence electrons. The van der Waals surface area contributed by atoms with Gasteiger partial charge in [0.2, 0.25) is 0 Å². The van der Waals surface area contributed by atoms with E-state index in [4.69, 9.17) is 19.9 Å². The Balaban J connectivity index is 1.53. The van der Waals surface area contributed by atoms with Crippen LogP contribution in [-0.4, -0.2) is 68.1 Å². The van der Waals surface area contributed by atoms with E-state index in [0.717, 1.165) is 53.8 Å². The lowest BCUT2D eigenvalue weighted by Gasteiger charge is -2.33. The molecule has 10 nitrogen and oxygen atoms in total. The number of aromatic hydroxyl groups is 1. The molecule has 0 spiro atoms. The smallest absolute Gasteiger partial charge is 0.188 e. The molecule has 10 heteroatoms. The minimum atomic E-state index is -0.754. The quantitative estimate of drug-likeness (QED) is 0.253. The van der Waals surface area contributed by atoms with E-state index in [1.165, 1.54) is 7.11 Å². The first-order valence-electron chi connectivity index (χ1n) is 15.1. The Morgan fingerprint density at radius 3 is 2.81 bits per heavy atom. The van der Waals surface area contributed by atoms with Crippen LogP contribution in [-0.2, 0) is 30.5 Å². The highest BCUT2D eigenvalue weighted by Crippen LogP contribution is 2.43. The molecule has 0 radical (unpaired) electrons. The number of aliphatic hydroxyl groups excluding tert-OH is 1. The van der Waals surface area contributed by atoms with E-state index in [2.05, 4.69) is 33.5 Å². The van der Waals surface area contributed by atoms with Crippen molar-refractivity contribution in [1.82, 2.24) is 10.6 Å². The highest BCUT2D eigenvalue weighted by molar-refractivity contribution is 5.79. The van der Waals surface area contributed by atoms with Crippen LogP contribution < -0.4 is 30.6 Å². The standard InChI is InChI=1S/C33H42N4O6/c1-35-19-43-30-23-4-3-5-27-21(8-11-29(40)31(27)41-2)6-9-25(38)17-26(39)10-7-22(16-23)28-15-20(18-42-32(28)30)14-24-12-13-36-33(34)37-24/h8,11,16,20,24,26,35,39-40H,4,6-7,9-10,12-15,17-19H2,1-2H3,(H3,34,36,37)/t20-,24-,26+/m0/s1. The van der Waals surface area contributed by atoms with Crippen LogP contribution in [0.5, 0.6) is 23.0 Å². The maximum Gasteiger partial charge on any atom is 0.188 e. The lowest BCUT2D eigenvalue weighted by Crippen LogP contribution is -2.45. The molecule has 3 aliphatic rings. The number of methoxy groups -OCH3 is 1. The second kappa shape index (κ2) is 14.0. The van der Waals surface area contributed by atoms with Gasteiger partial charge in [0.05, 0.1) is 25.4 Å². The van der Waals surface area contributed by atoms with Crippen LogP contribution in [0.15, 0.2) is 23.2 Å². The predicted molar refractivity (Wildman–Crippen MR) is 164 cm³/mol. The van der Waals surface area contributed by atoms with Crippen molar-refractivity contribution in [2.45, 2.75) is 69.9 Å². The van der Waals surface area contributed by atoms with Crippen molar-refractivity contribution in [2.75, 3.05) is 34.0 Å². The number of aryl methyl sites for hydroxylation is 2. The van der Waals surface area contributed by atoms with Gasteiger partial charge in [0.25, 0.3) is 0 Å². The summed E-state index contributed by atoms with van der Waals surface area (Å²) in [5.74, 6) is 8.90. The lowest BCUT2D eigenvalue weighted by atomic mass is 9.85. The van der Waals surface area contributed by atoms with Crippen LogP contribution in [0.25, 0.3) is 0 Å². The van der Waals surface area contributed by atoms with Crippen molar-refractivity contribution in [2.24, 2.45) is 16.6 Å². The molecule has 2 aromatic carbocycles. The number of hydrogen-bond acceptors (Lipinski definition) is 10. The minimum Gasteiger partial charge on any atom is -0.504 e. The number of hydrogen-bond donors (Lipinski definition) is 5. The summed E-state index contributed by atoms with van der Waals surface area (Å²) in [4.78, 5) is 17.1. The number of carbonyl (C=O) groups excluding carboxylic acids is 1. The van der Waals surface area contributed by atoms with Crippen molar-refractivity contribution < 1.29 is 29.2 Å². The van der Waals surface area contributed by atoms with Crippen molar-refractivity contribution in [3.05, 3.63) is 46.0 Å². The lowest BCUT2D eigenvalue weighted by molar-refractivity contribution is -0.121. The van der Waals surface area contributed by atoms with E-state index in [1.54, 1.807) is 12.1 Å². The Morgan fingerprint density at radius 2 is 2.02 bits per heavy atom. The molecule has 43 heavy (non-hydrogen) atoms. The number of rotatable bonds is 6. The fourth-order valence-electron chi connectivity index (χ4n) is 6.23. The number of nitrogens with zero attached hydrogens (tertiary/aromatic N) is 1. The number of fused-ring (bicyclic) bond motifs is 5. The first-order valence-corrected chi connectivity index (χ1v) is 15.1. The summed E-state index contributed by atoms with van der Waals surface area (Å²) in [7, 11) is 3.31. The van der Waals surface area contributed by atoms with E-state index < -0.39 is 6.10 Å². The Labute approximate surface area is 253 Å². The van der Waals surface area contributed by atoms with Crippen molar-refractivity contribution in [1.29, 1.82) is 0 Å². The van der Waals surface area contributed by atoms with Gasteiger partial charge in [-0.1, -0.05) is 24.0 Å². The number of carbonyl (C=O) groups is 1. The summed E-state index contributed by atoms with van der Waals surface area (Å²) in [6, 6.07) is 5.69. The van der Waals surface area contributed by atoms with Crippen LogP contribution in [0.2, 0.25) is 0 Å². The SMILES string of the molecule is CNCOc1c2cc(c3c1OC[C@@H](C[C@@H]1CCN=C(N)N1)C3)CC[C@@H](O)CC(=O)CCc1ccc(O)c(OC)c1C#CC2. The van der Waals surface area contributed by atoms with Gasteiger partial charge in [0.15, 0.2) is 29.0 Å². The zero-order valence-electron chi connectivity index (χ0n) is 25.0. The number of nitrogens with one attached hydrogen (secondary N) is 2. The molecule has 0 amide bonds. The fraction of sp³-hybridized carbons (Fsp3) is 0.515. The molecular formula is C33H42N4O6. The first-order chi connectivity index (χ1) is 20.9. The van der Waals surface area contributed by atoms with E-state index in [-0.39, 0.29) is 42.1 Å². The number of nitrogens with two attached hydrogens (primary N) is 1. The van der Waals surface area contributed by atoms with Gasteiger partial charge in [-0.15, -0.1) is 0 Å². The molecule has 0 saturated carbocycles. The minimum absolute atomic E-state index is 0.00863. The summed E-state index contributed by atoms with van der Waals surface area (Å²) in [6.45, 7) is 1.57. The summed E-state index contributed by atoms with van der Waals surface area (Å²) in [6.07, 6.45) is 4.11. The highest BCUT2D eigenvalue weighted by Gasteiger charge is 2.30. The molecule has 2 aromatic rings. The number of ketones is 1. The third-order valence-electron chi connectivity index (χ3n) is 8.36. The van der Waals surface area contributed by atoms with Gasteiger partial charge < -0.3 is 35.5 Å². The van der Waals surface area contributed by atoms with E-state index in [0.29, 0.717) is 56.3 Å². The largest absolute Gasteiger partial charge is 0.504 e. The molecule has 0 unspecified atom stereocenters. The normalized spacial score (nSPS) is 22.2. The topological polar surface area (TPSA) is 148 Å². The maximum atomic E-state index is 12.8. The van der Waals surface area contributed by atoms with Crippen molar-refractivity contribution >= 4 is 11.7 Å². The molecule has 5 rings (SSSR count). The third kappa shape index (κ3) is 7.35. The predicted octanol–water partition coefficient (Wildman–Crippen LogP) is 2.37. The molecule has 6 N–H and O–H groups in total. The Morgan fingerprint density at radius 1 is 1.16 bits per heavy atom. The average molecular weight is 591 g/mol. The van der Waals surface area contributed by atoms with Crippen molar-refractivity contribution in [3.8, 4) is 34.8 Å². The van der Waals surface area contributed by atoms with Gasteiger partial charge in [-0.3, -0.25) is 15.1 Å².